The van der Waals surface area contributed by atoms with Crippen molar-refractivity contribution in [1.29, 1.82) is 0 Å². The fourth-order valence-corrected chi connectivity index (χ4v) is 2.16. The molecule has 0 fully saturated rings. The number of hydrogen-bond acceptors (Lipinski definition) is 3. The fraction of sp³-hybridized carbons (Fsp3) is 0.200. The highest BCUT2D eigenvalue weighted by Crippen LogP contribution is 2.30. The molecule has 0 unspecified atom stereocenters. The van der Waals surface area contributed by atoms with Crippen LogP contribution in [0.25, 0.3) is 11.0 Å². The molecule has 0 aliphatic heterocycles. The van der Waals surface area contributed by atoms with Crippen LogP contribution in [0.15, 0.2) is 18.3 Å². The van der Waals surface area contributed by atoms with Crippen LogP contribution in [0.1, 0.15) is 5.69 Å². The SMILES string of the molecule is COC(=O)n1cc(I)c2ccc(C(F)(F)F)nc21. The first-order chi connectivity index (χ1) is 8.34. The number of pyridine rings is 1. The van der Waals surface area contributed by atoms with Gasteiger partial charge >= 0.3 is 12.3 Å². The van der Waals surface area contributed by atoms with Gasteiger partial charge in [-0.05, 0) is 34.7 Å². The summed E-state index contributed by atoms with van der Waals surface area (Å²) < 4.78 is 43.7. The zero-order chi connectivity index (χ0) is 13.5. The van der Waals surface area contributed by atoms with Crippen LogP contribution in [-0.4, -0.2) is 22.8 Å². The van der Waals surface area contributed by atoms with E-state index in [9.17, 15) is 18.0 Å². The van der Waals surface area contributed by atoms with Crippen LogP contribution in [0.5, 0.6) is 0 Å². The molecule has 0 spiro atoms. The zero-order valence-electron chi connectivity index (χ0n) is 8.95. The Balaban J connectivity index is 2.70. The van der Waals surface area contributed by atoms with Crippen molar-refractivity contribution in [3.05, 3.63) is 27.6 Å². The topological polar surface area (TPSA) is 44.1 Å². The van der Waals surface area contributed by atoms with Gasteiger partial charge in [0.1, 0.15) is 5.69 Å². The van der Waals surface area contributed by atoms with Gasteiger partial charge in [-0.1, -0.05) is 0 Å². The second-order valence-electron chi connectivity index (χ2n) is 3.38. The number of rotatable bonds is 0. The van der Waals surface area contributed by atoms with Gasteiger partial charge in [-0.3, -0.25) is 0 Å². The Kier molecular flexibility index (Phi) is 3.21. The monoisotopic (exact) mass is 370 g/mol. The van der Waals surface area contributed by atoms with Gasteiger partial charge in [-0.25, -0.2) is 14.3 Å². The third-order valence-corrected chi connectivity index (χ3v) is 3.12. The molecule has 96 valence electrons. The summed E-state index contributed by atoms with van der Waals surface area (Å²) in [4.78, 5) is 14.9. The lowest BCUT2D eigenvalue weighted by atomic mass is 10.3. The van der Waals surface area contributed by atoms with E-state index < -0.39 is 18.0 Å². The van der Waals surface area contributed by atoms with Gasteiger partial charge in [0.05, 0.1) is 7.11 Å². The molecule has 2 heterocycles. The number of ether oxygens (including phenoxy) is 1. The molecule has 0 aliphatic carbocycles. The van der Waals surface area contributed by atoms with E-state index >= 15 is 0 Å². The predicted octanol–water partition coefficient (Wildman–Crippen LogP) is 3.27. The van der Waals surface area contributed by atoms with E-state index in [4.69, 9.17) is 0 Å². The number of hydrogen-bond donors (Lipinski definition) is 0. The molecule has 8 heteroatoms. The quantitative estimate of drug-likeness (QED) is 0.669. The summed E-state index contributed by atoms with van der Waals surface area (Å²) in [5, 5.41) is 0.467. The van der Waals surface area contributed by atoms with Gasteiger partial charge in [-0.15, -0.1) is 0 Å². The Bertz CT molecular complexity index is 621. The molecular formula is C10H6F3IN2O2. The summed E-state index contributed by atoms with van der Waals surface area (Å²) in [5.41, 5.74) is -1.12. The van der Waals surface area contributed by atoms with Gasteiger partial charge in [0.25, 0.3) is 0 Å². The van der Waals surface area contributed by atoms with Crippen molar-refractivity contribution in [3.8, 4) is 0 Å². The lowest BCUT2D eigenvalue weighted by Gasteiger charge is -2.06. The minimum absolute atomic E-state index is 0.0684. The van der Waals surface area contributed by atoms with Crippen molar-refractivity contribution >= 4 is 39.7 Å². The zero-order valence-corrected chi connectivity index (χ0v) is 11.1. The summed E-state index contributed by atoms with van der Waals surface area (Å²) in [6.07, 6.45) is -3.95. The lowest BCUT2D eigenvalue weighted by molar-refractivity contribution is -0.141. The largest absolute Gasteiger partial charge is 0.452 e. The summed E-state index contributed by atoms with van der Waals surface area (Å²) in [5.74, 6) is 0. The molecule has 2 aromatic heterocycles. The maximum Gasteiger partial charge on any atom is 0.433 e. The van der Waals surface area contributed by atoms with E-state index in [1.165, 1.54) is 12.3 Å². The van der Waals surface area contributed by atoms with Crippen LogP contribution in [0, 0.1) is 3.57 Å². The van der Waals surface area contributed by atoms with E-state index in [2.05, 4.69) is 9.72 Å². The number of alkyl halides is 3. The molecule has 0 bridgehead atoms. The fourth-order valence-electron chi connectivity index (χ4n) is 1.46. The van der Waals surface area contributed by atoms with Crippen LogP contribution in [0.2, 0.25) is 0 Å². The first-order valence-corrected chi connectivity index (χ1v) is 5.75. The number of methoxy groups -OCH3 is 1. The number of fused-ring (bicyclic) bond motifs is 1. The van der Waals surface area contributed by atoms with Crippen molar-refractivity contribution in [2.24, 2.45) is 0 Å². The Hall–Kier alpha value is -1.32. The molecule has 0 atom stereocenters. The number of halogens is 4. The Morgan fingerprint density at radius 3 is 2.67 bits per heavy atom. The van der Waals surface area contributed by atoms with Gasteiger partial charge in [0, 0.05) is 15.2 Å². The maximum absolute atomic E-state index is 12.5. The molecular weight excluding hydrogens is 364 g/mol. The number of aromatic nitrogens is 2. The first-order valence-electron chi connectivity index (χ1n) is 4.67. The molecule has 0 amide bonds. The van der Waals surface area contributed by atoms with Crippen molar-refractivity contribution in [2.75, 3.05) is 7.11 Å². The Morgan fingerprint density at radius 2 is 2.11 bits per heavy atom. The average molecular weight is 370 g/mol. The smallest absolute Gasteiger partial charge is 0.433 e. The Labute approximate surface area is 113 Å². The van der Waals surface area contributed by atoms with E-state index in [1.807, 2.05) is 22.6 Å². The van der Waals surface area contributed by atoms with Gasteiger partial charge in [-0.2, -0.15) is 13.2 Å². The highest BCUT2D eigenvalue weighted by molar-refractivity contribution is 14.1. The highest BCUT2D eigenvalue weighted by Gasteiger charge is 2.33. The third-order valence-electron chi connectivity index (χ3n) is 2.26. The summed E-state index contributed by atoms with van der Waals surface area (Å²) in [6.45, 7) is 0. The van der Waals surface area contributed by atoms with Gasteiger partial charge < -0.3 is 4.74 Å². The van der Waals surface area contributed by atoms with Crippen molar-refractivity contribution < 1.29 is 22.7 Å². The molecule has 0 N–H and O–H groups in total. The van der Waals surface area contributed by atoms with E-state index in [0.29, 0.717) is 8.96 Å². The minimum Gasteiger partial charge on any atom is -0.452 e. The maximum atomic E-state index is 12.5. The number of nitrogens with zero attached hydrogens (tertiary/aromatic N) is 2. The van der Waals surface area contributed by atoms with E-state index in [0.717, 1.165) is 17.7 Å². The molecule has 0 saturated heterocycles. The molecule has 0 aliphatic rings. The van der Waals surface area contributed by atoms with Gasteiger partial charge in [0.2, 0.25) is 0 Å². The van der Waals surface area contributed by atoms with E-state index in [-0.39, 0.29) is 5.65 Å². The van der Waals surface area contributed by atoms with Gasteiger partial charge in [0.15, 0.2) is 5.65 Å². The van der Waals surface area contributed by atoms with Crippen LogP contribution in [0.4, 0.5) is 18.0 Å². The Morgan fingerprint density at radius 1 is 1.44 bits per heavy atom. The normalized spacial score (nSPS) is 11.8. The second-order valence-corrected chi connectivity index (χ2v) is 4.54. The molecule has 2 rings (SSSR count). The van der Waals surface area contributed by atoms with Crippen LogP contribution >= 0.6 is 22.6 Å². The molecule has 0 radical (unpaired) electrons. The molecule has 0 saturated carbocycles. The average Bonchev–Trinajstić information content (AvgIpc) is 2.64. The highest BCUT2D eigenvalue weighted by atomic mass is 127. The van der Waals surface area contributed by atoms with Crippen LogP contribution in [0.3, 0.4) is 0 Å². The second kappa shape index (κ2) is 4.41. The summed E-state index contributed by atoms with van der Waals surface area (Å²) >= 11 is 1.91. The predicted molar refractivity (Wildman–Crippen MR) is 65.3 cm³/mol. The standard InChI is InChI=1S/C10H6F3IN2O2/c1-18-9(17)16-4-6(14)5-2-3-7(10(11,12)13)15-8(5)16/h2-4H,1H3. The molecule has 4 nitrogen and oxygen atoms in total. The van der Waals surface area contributed by atoms with Crippen molar-refractivity contribution in [3.63, 3.8) is 0 Å². The van der Waals surface area contributed by atoms with Crippen LogP contribution < -0.4 is 0 Å². The molecule has 2 aromatic rings. The van der Waals surface area contributed by atoms with Crippen LogP contribution in [-0.2, 0) is 10.9 Å². The number of carbonyl (C=O) groups is 1. The first kappa shape index (κ1) is 13.1. The minimum atomic E-state index is -4.55. The summed E-state index contributed by atoms with van der Waals surface area (Å²) in [7, 11) is 1.15. The molecule has 0 aromatic carbocycles. The van der Waals surface area contributed by atoms with Crippen molar-refractivity contribution in [2.45, 2.75) is 6.18 Å². The number of carbonyl (C=O) groups excluding carboxylic acids is 1. The summed E-state index contributed by atoms with van der Waals surface area (Å²) in [6, 6.07) is 2.17. The lowest BCUT2D eigenvalue weighted by Crippen LogP contribution is -2.13. The third kappa shape index (κ3) is 2.16. The van der Waals surface area contributed by atoms with E-state index in [1.54, 1.807) is 0 Å². The molecule has 18 heavy (non-hydrogen) atoms. The van der Waals surface area contributed by atoms with Crippen molar-refractivity contribution in [1.82, 2.24) is 9.55 Å².